The first-order chi connectivity index (χ1) is 18.6. The first kappa shape index (κ1) is 22.7. The van der Waals surface area contributed by atoms with Crippen LogP contribution in [-0.4, -0.2) is 52.7 Å². The van der Waals surface area contributed by atoms with E-state index in [0.29, 0.717) is 11.5 Å². The first-order valence-corrected chi connectivity index (χ1v) is 13.1. The lowest BCUT2D eigenvalue weighted by molar-refractivity contribution is 0.0563. The maximum atomic E-state index is 13.1. The smallest absolute Gasteiger partial charge is 0.272 e. The Balaban J connectivity index is 1.22. The number of rotatable bonds is 4. The lowest BCUT2D eigenvalue weighted by Crippen LogP contribution is -2.46. The molecule has 0 aliphatic carbocycles. The number of pyridine rings is 1. The Bertz CT molecular complexity index is 1610. The number of H-pyrrole nitrogens is 1. The third-order valence-electron chi connectivity index (χ3n) is 8.20. The van der Waals surface area contributed by atoms with Crippen molar-refractivity contribution in [3.05, 3.63) is 84.1 Å². The predicted octanol–water partition coefficient (Wildman–Crippen LogP) is 4.62. The summed E-state index contributed by atoms with van der Waals surface area (Å²) in [7, 11) is 0. The summed E-state index contributed by atoms with van der Waals surface area (Å²) in [5, 5.41) is 11.4. The van der Waals surface area contributed by atoms with Crippen molar-refractivity contribution in [3.8, 4) is 22.4 Å². The molecular weight excluding hydrogens is 476 g/mol. The molecule has 38 heavy (non-hydrogen) atoms. The Morgan fingerprint density at radius 3 is 2.47 bits per heavy atom. The van der Waals surface area contributed by atoms with Crippen LogP contribution in [0, 0.1) is 6.92 Å². The van der Waals surface area contributed by atoms with Gasteiger partial charge in [-0.05, 0) is 44.7 Å². The van der Waals surface area contributed by atoms with Crippen LogP contribution in [0.2, 0.25) is 0 Å². The molecule has 190 valence electrons. The second-order valence-electron chi connectivity index (χ2n) is 10.3. The topological polar surface area (TPSA) is 118 Å². The summed E-state index contributed by atoms with van der Waals surface area (Å²) in [5.41, 5.74) is 13.7. The van der Waals surface area contributed by atoms with Crippen molar-refractivity contribution in [2.75, 3.05) is 5.73 Å². The van der Waals surface area contributed by atoms with Crippen molar-refractivity contribution < 1.29 is 4.79 Å². The van der Waals surface area contributed by atoms with Gasteiger partial charge in [-0.15, -0.1) is 0 Å². The van der Waals surface area contributed by atoms with E-state index >= 15 is 0 Å². The van der Waals surface area contributed by atoms with E-state index in [2.05, 4.69) is 38.4 Å². The molecule has 2 fully saturated rings. The highest BCUT2D eigenvalue weighted by molar-refractivity contribution is 5.93. The lowest BCUT2D eigenvalue weighted by Gasteiger charge is -2.39. The van der Waals surface area contributed by atoms with Crippen LogP contribution in [0.4, 0.5) is 5.82 Å². The van der Waals surface area contributed by atoms with Gasteiger partial charge in [-0.2, -0.15) is 14.7 Å². The zero-order valence-corrected chi connectivity index (χ0v) is 21.1. The minimum atomic E-state index is 0.0395. The van der Waals surface area contributed by atoms with Gasteiger partial charge in [0.25, 0.3) is 5.91 Å². The number of hydrogen-bond acceptors (Lipinski definition) is 6. The summed E-state index contributed by atoms with van der Waals surface area (Å²) >= 11 is 0. The number of aromatic nitrogens is 6. The normalized spacial score (nSPS) is 20.8. The largest absolute Gasteiger partial charge is 0.383 e. The van der Waals surface area contributed by atoms with Crippen LogP contribution in [0.15, 0.2) is 67.1 Å². The molecule has 3 N–H and O–H groups in total. The lowest BCUT2D eigenvalue weighted by atomic mass is 9.86. The summed E-state index contributed by atoms with van der Waals surface area (Å²) in [6.07, 6.45) is 9.08. The first-order valence-electron chi connectivity index (χ1n) is 13.1. The molecule has 4 aromatic heterocycles. The molecule has 2 aliphatic heterocycles. The molecule has 2 unspecified atom stereocenters. The second kappa shape index (κ2) is 8.79. The van der Waals surface area contributed by atoms with Gasteiger partial charge in [-0.1, -0.05) is 36.4 Å². The van der Waals surface area contributed by atoms with E-state index in [1.807, 2.05) is 43.6 Å². The van der Waals surface area contributed by atoms with E-state index in [0.717, 1.165) is 65.0 Å². The van der Waals surface area contributed by atoms with Gasteiger partial charge in [0.15, 0.2) is 5.65 Å². The maximum absolute atomic E-state index is 13.1. The minimum Gasteiger partial charge on any atom is -0.383 e. The number of hydrogen-bond donors (Lipinski definition) is 2. The Morgan fingerprint density at radius 1 is 1.00 bits per heavy atom. The van der Waals surface area contributed by atoms with Crippen molar-refractivity contribution in [1.29, 1.82) is 0 Å². The number of nitrogens with two attached hydrogens (primary N) is 1. The van der Waals surface area contributed by atoms with Crippen molar-refractivity contribution in [2.24, 2.45) is 0 Å². The molecule has 5 aromatic rings. The maximum Gasteiger partial charge on any atom is 0.272 e. The quantitative estimate of drug-likeness (QED) is 0.369. The van der Waals surface area contributed by atoms with E-state index < -0.39 is 0 Å². The number of piperidine rings is 1. The van der Waals surface area contributed by atoms with Crippen LogP contribution in [0.1, 0.15) is 53.3 Å². The fourth-order valence-corrected chi connectivity index (χ4v) is 6.29. The van der Waals surface area contributed by atoms with Gasteiger partial charge in [0.05, 0.1) is 17.6 Å². The SMILES string of the molecule is Cc1c(C2CC3CCC(C2)N3C(=O)c2ccn[nH]2)nc2c(-c3ccc(-c4ccccc4)nc3)cnn2c1N. The van der Waals surface area contributed by atoms with Gasteiger partial charge >= 0.3 is 0 Å². The molecule has 9 heteroatoms. The van der Waals surface area contributed by atoms with E-state index in [1.165, 1.54) is 0 Å². The highest BCUT2D eigenvalue weighted by Gasteiger charge is 2.45. The van der Waals surface area contributed by atoms with Gasteiger partial charge < -0.3 is 10.6 Å². The minimum absolute atomic E-state index is 0.0395. The zero-order valence-electron chi connectivity index (χ0n) is 21.1. The average molecular weight is 505 g/mol. The number of carbonyl (C=O) groups is 1. The van der Waals surface area contributed by atoms with E-state index in [4.69, 9.17) is 15.7 Å². The van der Waals surface area contributed by atoms with Crippen LogP contribution in [-0.2, 0) is 0 Å². The Hall–Kier alpha value is -4.53. The van der Waals surface area contributed by atoms with Crippen LogP contribution in [0.25, 0.3) is 28.0 Å². The summed E-state index contributed by atoms with van der Waals surface area (Å²) in [4.78, 5) is 25.1. The molecule has 0 radical (unpaired) electrons. The van der Waals surface area contributed by atoms with Crippen molar-refractivity contribution in [2.45, 2.75) is 50.6 Å². The molecule has 1 aromatic carbocycles. The molecule has 9 nitrogen and oxygen atoms in total. The molecular formula is C29H28N8O. The Kier molecular flexibility index (Phi) is 5.24. The molecule has 7 rings (SSSR count). The highest BCUT2D eigenvalue weighted by Crippen LogP contribution is 2.44. The Morgan fingerprint density at radius 2 is 1.79 bits per heavy atom. The number of nitrogens with zero attached hydrogens (tertiary/aromatic N) is 6. The van der Waals surface area contributed by atoms with E-state index in [1.54, 1.807) is 16.8 Å². The van der Waals surface area contributed by atoms with Crippen LogP contribution < -0.4 is 5.73 Å². The van der Waals surface area contributed by atoms with Crippen molar-refractivity contribution in [3.63, 3.8) is 0 Å². The third kappa shape index (κ3) is 3.57. The number of aromatic amines is 1. The van der Waals surface area contributed by atoms with E-state index in [9.17, 15) is 4.79 Å². The summed E-state index contributed by atoms with van der Waals surface area (Å²) in [5.74, 6) is 0.873. The molecule has 2 bridgehead atoms. The zero-order chi connectivity index (χ0) is 25.8. The summed E-state index contributed by atoms with van der Waals surface area (Å²) in [6.45, 7) is 2.03. The third-order valence-corrected chi connectivity index (χ3v) is 8.20. The van der Waals surface area contributed by atoms with Crippen LogP contribution in [0.3, 0.4) is 0 Å². The van der Waals surface area contributed by atoms with Crippen LogP contribution >= 0.6 is 0 Å². The molecule has 2 saturated heterocycles. The van der Waals surface area contributed by atoms with Crippen molar-refractivity contribution >= 4 is 17.4 Å². The summed E-state index contributed by atoms with van der Waals surface area (Å²) < 4.78 is 1.73. The number of fused-ring (bicyclic) bond motifs is 3. The average Bonchev–Trinajstić information content (AvgIpc) is 3.69. The second-order valence-corrected chi connectivity index (χ2v) is 10.3. The molecule has 1 amide bonds. The highest BCUT2D eigenvalue weighted by atomic mass is 16.2. The van der Waals surface area contributed by atoms with Gasteiger partial charge in [0.1, 0.15) is 11.5 Å². The number of nitrogen functional groups attached to an aromatic ring is 1. The molecule has 2 aliphatic rings. The van der Waals surface area contributed by atoms with Crippen molar-refractivity contribution in [1.82, 2.24) is 34.7 Å². The number of carbonyl (C=O) groups excluding carboxylic acids is 1. The molecule has 0 spiro atoms. The van der Waals surface area contributed by atoms with Gasteiger partial charge in [0.2, 0.25) is 0 Å². The Labute approximate surface area is 219 Å². The molecule has 2 atom stereocenters. The predicted molar refractivity (Wildman–Crippen MR) is 144 cm³/mol. The standard InChI is InChI=1S/C29H28N8O/c1-17-26(20-13-21-8-9-22(14-20)36(21)29(38)25-11-12-32-35-25)34-28-23(16-33-37(28)27(17)30)19-7-10-24(31-15-19)18-5-3-2-4-6-18/h2-7,10-12,15-16,20-22H,8-9,13-14,30H2,1H3,(H,32,35). The van der Waals surface area contributed by atoms with Gasteiger partial charge in [0, 0.05) is 52.6 Å². The summed E-state index contributed by atoms with van der Waals surface area (Å²) in [6, 6.07) is 16.3. The van der Waals surface area contributed by atoms with Gasteiger partial charge in [-0.3, -0.25) is 14.9 Å². The monoisotopic (exact) mass is 504 g/mol. The van der Waals surface area contributed by atoms with E-state index in [-0.39, 0.29) is 23.9 Å². The molecule has 6 heterocycles. The fourth-order valence-electron chi connectivity index (χ4n) is 6.29. The fraction of sp³-hybridized carbons (Fsp3) is 0.276. The number of anilines is 1. The molecule has 0 saturated carbocycles. The number of benzene rings is 1. The number of nitrogens with one attached hydrogen (secondary N) is 1. The number of amides is 1. The van der Waals surface area contributed by atoms with Crippen LogP contribution in [0.5, 0.6) is 0 Å². The van der Waals surface area contributed by atoms with Gasteiger partial charge in [-0.25, -0.2) is 4.98 Å².